The van der Waals surface area contributed by atoms with E-state index in [1.165, 1.54) is 34.4 Å². The lowest BCUT2D eigenvalue weighted by molar-refractivity contribution is -0.123. The van der Waals surface area contributed by atoms with E-state index >= 15 is 0 Å². The highest BCUT2D eigenvalue weighted by Crippen LogP contribution is 2.44. The molecule has 0 spiro atoms. The molecule has 1 aromatic heterocycles. The van der Waals surface area contributed by atoms with E-state index in [0.717, 1.165) is 4.88 Å². The van der Waals surface area contributed by atoms with Gasteiger partial charge in [0.05, 0.1) is 5.57 Å². The van der Waals surface area contributed by atoms with Crippen molar-refractivity contribution in [3.63, 3.8) is 0 Å². The number of hydrogen-bond donors (Lipinski definition) is 1. The Morgan fingerprint density at radius 2 is 1.96 bits per heavy atom. The normalized spacial score (nSPS) is 18.2. The van der Waals surface area contributed by atoms with Crippen molar-refractivity contribution in [2.45, 2.75) is 26.8 Å². The molecule has 1 unspecified atom stereocenters. The van der Waals surface area contributed by atoms with E-state index in [1.807, 2.05) is 11.4 Å². The molecule has 130 valence electrons. The first-order valence-electron chi connectivity index (χ1n) is 7.82. The van der Waals surface area contributed by atoms with Crippen LogP contribution < -0.4 is 4.90 Å². The second-order valence-corrected chi connectivity index (χ2v) is 7.89. The third-order valence-corrected chi connectivity index (χ3v) is 4.96. The standard InChI is InChI=1S/C19H18FNO3S/c1-19(2,3)17(23)14-15(13-8-5-9-25-13)21(18(24)16(14)22)12-7-4-6-11(20)10-12/h4-10,15,22H,1-3H3. The fraction of sp³-hybridized carbons (Fsp3) is 0.263. The number of nitrogens with zero attached hydrogens (tertiary/aromatic N) is 1. The lowest BCUT2D eigenvalue weighted by Crippen LogP contribution is -2.32. The van der Waals surface area contributed by atoms with Crippen molar-refractivity contribution in [2.24, 2.45) is 5.41 Å². The molecule has 6 heteroatoms. The Kier molecular flexibility index (Phi) is 4.24. The highest BCUT2D eigenvalue weighted by Gasteiger charge is 2.47. The summed E-state index contributed by atoms with van der Waals surface area (Å²) in [4.78, 5) is 27.6. The highest BCUT2D eigenvalue weighted by atomic mass is 32.1. The molecular formula is C19H18FNO3S. The first kappa shape index (κ1) is 17.4. The molecule has 2 heterocycles. The molecule has 0 aliphatic carbocycles. The molecular weight excluding hydrogens is 341 g/mol. The number of hydrogen-bond acceptors (Lipinski definition) is 4. The van der Waals surface area contributed by atoms with E-state index in [9.17, 15) is 19.1 Å². The van der Waals surface area contributed by atoms with Crippen molar-refractivity contribution in [1.82, 2.24) is 0 Å². The van der Waals surface area contributed by atoms with Crippen LogP contribution in [-0.2, 0) is 9.59 Å². The van der Waals surface area contributed by atoms with E-state index < -0.39 is 28.9 Å². The number of ketones is 1. The van der Waals surface area contributed by atoms with Gasteiger partial charge in [-0.25, -0.2) is 4.39 Å². The molecule has 1 N–H and O–H groups in total. The van der Waals surface area contributed by atoms with Gasteiger partial charge >= 0.3 is 0 Å². The van der Waals surface area contributed by atoms with Crippen LogP contribution in [0.15, 0.2) is 53.1 Å². The van der Waals surface area contributed by atoms with Crippen LogP contribution in [0.1, 0.15) is 31.7 Å². The number of benzene rings is 1. The Morgan fingerprint density at radius 1 is 1.24 bits per heavy atom. The van der Waals surface area contributed by atoms with Gasteiger partial charge in [0.15, 0.2) is 11.5 Å². The molecule has 0 fully saturated rings. The summed E-state index contributed by atoms with van der Waals surface area (Å²) in [5.74, 6) is -2.07. The Hall–Kier alpha value is -2.47. The zero-order valence-electron chi connectivity index (χ0n) is 14.1. The maximum absolute atomic E-state index is 13.7. The average molecular weight is 359 g/mol. The summed E-state index contributed by atoms with van der Waals surface area (Å²) < 4.78 is 13.7. The zero-order chi connectivity index (χ0) is 18.4. The molecule has 0 radical (unpaired) electrons. The number of halogens is 1. The molecule has 1 amide bonds. The van der Waals surface area contributed by atoms with Crippen LogP contribution in [0.25, 0.3) is 0 Å². The number of Topliss-reactive ketones (excluding diaryl/α,β-unsaturated/α-hetero) is 1. The molecule has 0 bridgehead atoms. The molecule has 3 rings (SSSR count). The van der Waals surface area contributed by atoms with Gasteiger partial charge in [0.25, 0.3) is 5.91 Å². The number of carbonyl (C=O) groups excluding carboxylic acids is 2. The third kappa shape index (κ3) is 2.98. The van der Waals surface area contributed by atoms with Gasteiger partial charge in [-0.1, -0.05) is 32.9 Å². The number of carbonyl (C=O) groups is 2. The minimum absolute atomic E-state index is 0.0595. The first-order chi connectivity index (χ1) is 11.7. The predicted octanol–water partition coefficient (Wildman–Crippen LogP) is 4.40. The van der Waals surface area contributed by atoms with E-state index in [-0.39, 0.29) is 11.4 Å². The third-order valence-electron chi connectivity index (χ3n) is 4.03. The van der Waals surface area contributed by atoms with Gasteiger partial charge in [0.1, 0.15) is 11.9 Å². The van der Waals surface area contributed by atoms with Gasteiger partial charge in [-0.05, 0) is 29.6 Å². The lowest BCUT2D eigenvalue weighted by Gasteiger charge is -2.27. The largest absolute Gasteiger partial charge is 0.503 e. The Morgan fingerprint density at radius 3 is 2.52 bits per heavy atom. The number of aliphatic hydroxyl groups is 1. The van der Waals surface area contributed by atoms with Crippen LogP contribution in [0.3, 0.4) is 0 Å². The fourth-order valence-electron chi connectivity index (χ4n) is 2.85. The van der Waals surface area contributed by atoms with Crippen LogP contribution in [0.2, 0.25) is 0 Å². The van der Waals surface area contributed by atoms with Gasteiger partial charge < -0.3 is 5.11 Å². The summed E-state index contributed by atoms with van der Waals surface area (Å²) in [5, 5.41) is 12.3. The Balaban J connectivity index is 2.18. The summed E-state index contributed by atoms with van der Waals surface area (Å²) in [6.45, 7) is 5.20. The maximum Gasteiger partial charge on any atom is 0.294 e. The molecule has 1 aliphatic rings. The minimum atomic E-state index is -0.767. The Labute approximate surface area is 149 Å². The van der Waals surface area contributed by atoms with Crippen molar-refractivity contribution < 1.29 is 19.1 Å². The molecule has 2 aromatic rings. The molecule has 1 aromatic carbocycles. The molecule has 25 heavy (non-hydrogen) atoms. The van der Waals surface area contributed by atoms with Crippen LogP contribution in [-0.4, -0.2) is 16.8 Å². The fourth-order valence-corrected chi connectivity index (χ4v) is 3.67. The van der Waals surface area contributed by atoms with E-state index in [2.05, 4.69) is 0 Å². The van der Waals surface area contributed by atoms with E-state index in [4.69, 9.17) is 0 Å². The smallest absolute Gasteiger partial charge is 0.294 e. The molecule has 4 nitrogen and oxygen atoms in total. The molecule has 0 saturated heterocycles. The first-order valence-corrected chi connectivity index (χ1v) is 8.70. The van der Waals surface area contributed by atoms with Crippen molar-refractivity contribution in [3.05, 3.63) is 63.8 Å². The summed E-state index contributed by atoms with van der Waals surface area (Å²) >= 11 is 1.37. The zero-order valence-corrected chi connectivity index (χ0v) is 14.9. The van der Waals surface area contributed by atoms with Gasteiger partial charge in [0.2, 0.25) is 0 Å². The lowest BCUT2D eigenvalue weighted by atomic mass is 9.83. The number of amides is 1. The summed E-state index contributed by atoms with van der Waals surface area (Å²) in [5.41, 5.74) is -0.410. The van der Waals surface area contributed by atoms with Gasteiger partial charge in [-0.15, -0.1) is 11.3 Å². The van der Waals surface area contributed by atoms with Crippen LogP contribution >= 0.6 is 11.3 Å². The van der Waals surface area contributed by atoms with Crippen molar-refractivity contribution >= 4 is 28.7 Å². The number of anilines is 1. The van der Waals surface area contributed by atoms with Crippen molar-refractivity contribution in [1.29, 1.82) is 0 Å². The second-order valence-electron chi connectivity index (χ2n) is 6.91. The number of rotatable bonds is 3. The number of thiophene rings is 1. The van der Waals surface area contributed by atoms with Crippen LogP contribution in [0, 0.1) is 11.2 Å². The van der Waals surface area contributed by atoms with Crippen LogP contribution in [0.4, 0.5) is 10.1 Å². The summed E-state index contributed by atoms with van der Waals surface area (Å²) in [6.07, 6.45) is 0. The molecule has 0 saturated carbocycles. The molecule has 1 atom stereocenters. The minimum Gasteiger partial charge on any atom is -0.503 e. The van der Waals surface area contributed by atoms with Crippen molar-refractivity contribution in [2.75, 3.05) is 4.90 Å². The highest BCUT2D eigenvalue weighted by molar-refractivity contribution is 7.10. The summed E-state index contributed by atoms with van der Waals surface area (Å²) in [7, 11) is 0. The number of aliphatic hydroxyl groups excluding tert-OH is 1. The summed E-state index contributed by atoms with van der Waals surface area (Å²) in [6, 6.07) is 8.41. The topological polar surface area (TPSA) is 57.6 Å². The predicted molar refractivity (Wildman–Crippen MR) is 95.1 cm³/mol. The maximum atomic E-state index is 13.7. The van der Waals surface area contributed by atoms with Gasteiger partial charge in [-0.3, -0.25) is 14.5 Å². The van der Waals surface area contributed by atoms with Gasteiger partial charge in [-0.2, -0.15) is 0 Å². The molecule has 1 aliphatic heterocycles. The van der Waals surface area contributed by atoms with Crippen LogP contribution in [0.5, 0.6) is 0 Å². The van der Waals surface area contributed by atoms with E-state index in [1.54, 1.807) is 32.9 Å². The second kappa shape index (κ2) is 6.11. The van der Waals surface area contributed by atoms with Crippen molar-refractivity contribution in [3.8, 4) is 0 Å². The quantitative estimate of drug-likeness (QED) is 0.883. The van der Waals surface area contributed by atoms with Gasteiger partial charge in [0, 0.05) is 16.0 Å². The monoisotopic (exact) mass is 359 g/mol. The van der Waals surface area contributed by atoms with E-state index in [0.29, 0.717) is 5.69 Å². The SMILES string of the molecule is CC(C)(C)C(=O)C1=C(O)C(=O)N(c2cccc(F)c2)C1c1cccs1. The Bertz CT molecular complexity index is 865. The average Bonchev–Trinajstić information content (AvgIpc) is 3.13.